The summed E-state index contributed by atoms with van der Waals surface area (Å²) in [5.41, 5.74) is -0.701. The number of aromatic nitrogens is 1. The van der Waals surface area contributed by atoms with Crippen molar-refractivity contribution in [2.75, 3.05) is 5.32 Å². The SMILES string of the molecule is [2H]C([2H])([2H])[C@@]12C[C@@H](C(=O)Nc3nc(Br)ccc3C)N[C@@H]1C2([2H])[2H]. The van der Waals surface area contributed by atoms with Crippen LogP contribution in [-0.2, 0) is 4.79 Å². The van der Waals surface area contributed by atoms with E-state index >= 15 is 0 Å². The molecule has 18 heavy (non-hydrogen) atoms. The average Bonchev–Trinajstić information content (AvgIpc) is 2.77. The van der Waals surface area contributed by atoms with Crippen LogP contribution >= 0.6 is 15.9 Å². The van der Waals surface area contributed by atoms with E-state index in [1.165, 1.54) is 0 Å². The molecule has 1 amide bonds. The van der Waals surface area contributed by atoms with E-state index in [1.807, 2.05) is 0 Å². The van der Waals surface area contributed by atoms with Gasteiger partial charge in [0, 0.05) is 12.9 Å². The van der Waals surface area contributed by atoms with Crippen molar-refractivity contribution in [1.82, 2.24) is 10.3 Å². The van der Waals surface area contributed by atoms with Gasteiger partial charge in [-0.1, -0.05) is 12.9 Å². The Morgan fingerprint density at radius 2 is 2.61 bits per heavy atom. The largest absolute Gasteiger partial charge is 0.309 e. The van der Waals surface area contributed by atoms with Gasteiger partial charge in [0.15, 0.2) is 0 Å². The number of nitrogens with one attached hydrogen (secondary N) is 2. The predicted molar refractivity (Wildman–Crippen MR) is 73.4 cm³/mol. The number of carbonyl (C=O) groups excluding carboxylic acids is 1. The molecule has 2 aliphatic rings. The molecular weight excluding hydrogens is 294 g/mol. The summed E-state index contributed by atoms with van der Waals surface area (Å²) in [6.45, 7) is -0.649. The van der Waals surface area contributed by atoms with Crippen LogP contribution in [0.15, 0.2) is 16.7 Å². The van der Waals surface area contributed by atoms with E-state index in [4.69, 9.17) is 6.85 Å². The Morgan fingerprint density at radius 3 is 3.33 bits per heavy atom. The number of pyridine rings is 1. The van der Waals surface area contributed by atoms with Gasteiger partial charge in [-0.05, 0) is 52.7 Å². The van der Waals surface area contributed by atoms with Crippen molar-refractivity contribution < 1.29 is 11.6 Å². The molecule has 3 rings (SSSR count). The molecule has 1 aromatic heterocycles. The van der Waals surface area contributed by atoms with Gasteiger partial charge in [0.1, 0.15) is 10.4 Å². The fourth-order valence-corrected chi connectivity index (χ4v) is 2.47. The summed E-state index contributed by atoms with van der Waals surface area (Å²) in [7, 11) is 0. The van der Waals surface area contributed by atoms with Crippen molar-refractivity contribution >= 4 is 27.7 Å². The number of fused-ring (bicyclic) bond motifs is 1. The second-order valence-electron chi connectivity index (χ2n) is 4.76. The predicted octanol–water partition coefficient (Wildman–Crippen LogP) is 2.23. The topological polar surface area (TPSA) is 54.0 Å². The number of anilines is 1. The second kappa shape index (κ2) is 4.03. The minimum atomic E-state index is -2.45. The highest BCUT2D eigenvalue weighted by Crippen LogP contribution is 2.53. The maximum Gasteiger partial charge on any atom is 0.242 e. The molecule has 2 fully saturated rings. The molecule has 5 heteroatoms. The summed E-state index contributed by atoms with van der Waals surface area (Å²) in [5.74, 6) is 0.00279. The number of hydrogen-bond acceptors (Lipinski definition) is 3. The van der Waals surface area contributed by atoms with Gasteiger partial charge in [-0.15, -0.1) is 0 Å². The van der Waals surface area contributed by atoms with Gasteiger partial charge in [0.2, 0.25) is 5.91 Å². The quantitative estimate of drug-likeness (QED) is 0.823. The number of aryl methyl sites for hydroxylation is 1. The average molecular weight is 315 g/mol. The van der Waals surface area contributed by atoms with Gasteiger partial charge in [-0.2, -0.15) is 0 Å². The van der Waals surface area contributed by atoms with Gasteiger partial charge in [-0.25, -0.2) is 4.98 Å². The number of piperidine rings is 1. The summed E-state index contributed by atoms with van der Waals surface area (Å²) in [6, 6.07) is 1.99. The van der Waals surface area contributed by atoms with E-state index in [0.717, 1.165) is 5.56 Å². The normalized spacial score (nSPS) is 40.7. The Morgan fingerprint density at radius 1 is 1.78 bits per heavy atom. The third-order valence-electron chi connectivity index (χ3n) is 3.33. The molecular formula is C13H16BrN3O. The molecule has 0 radical (unpaired) electrons. The zero-order valence-corrected chi connectivity index (χ0v) is 11.3. The fourth-order valence-electron chi connectivity index (χ4n) is 2.16. The van der Waals surface area contributed by atoms with Crippen LogP contribution in [-0.4, -0.2) is 23.0 Å². The van der Waals surface area contributed by atoms with Crippen LogP contribution in [0, 0.1) is 12.3 Å². The summed E-state index contributed by atoms with van der Waals surface area (Å²) < 4.78 is 39.3. The molecule has 1 saturated carbocycles. The number of nitrogens with zero attached hydrogens (tertiary/aromatic N) is 1. The Hall–Kier alpha value is -0.940. The van der Waals surface area contributed by atoms with Crippen molar-refractivity contribution in [3.05, 3.63) is 22.3 Å². The molecule has 2 heterocycles. The first-order chi connectivity index (χ1) is 10.5. The lowest BCUT2D eigenvalue weighted by atomic mass is 10.0. The Bertz CT molecular complexity index is 668. The number of amides is 1. The summed E-state index contributed by atoms with van der Waals surface area (Å²) >= 11 is 3.23. The highest BCUT2D eigenvalue weighted by atomic mass is 79.9. The number of rotatable bonds is 2. The summed E-state index contributed by atoms with van der Waals surface area (Å²) in [6.07, 6.45) is -1.88. The third kappa shape index (κ3) is 2.06. The third-order valence-corrected chi connectivity index (χ3v) is 3.77. The molecule has 1 aromatic rings. The van der Waals surface area contributed by atoms with Crippen LogP contribution in [0.25, 0.3) is 0 Å². The molecule has 1 saturated heterocycles. The highest BCUT2D eigenvalue weighted by Gasteiger charge is 2.58. The first kappa shape index (κ1) is 7.60. The molecule has 1 aliphatic heterocycles. The lowest BCUT2D eigenvalue weighted by Crippen LogP contribution is -2.38. The molecule has 0 bridgehead atoms. The molecule has 0 spiro atoms. The Balaban J connectivity index is 1.76. The lowest BCUT2D eigenvalue weighted by molar-refractivity contribution is -0.118. The molecule has 1 aliphatic carbocycles. The van der Waals surface area contributed by atoms with Crippen molar-refractivity contribution in [3.8, 4) is 0 Å². The zero-order valence-electron chi connectivity index (χ0n) is 14.7. The summed E-state index contributed by atoms with van der Waals surface area (Å²) in [4.78, 5) is 16.6. The van der Waals surface area contributed by atoms with Crippen LogP contribution in [0.2, 0.25) is 0 Å². The molecule has 96 valence electrons. The van der Waals surface area contributed by atoms with Crippen LogP contribution < -0.4 is 10.6 Å². The van der Waals surface area contributed by atoms with Crippen LogP contribution in [0.4, 0.5) is 5.82 Å². The monoisotopic (exact) mass is 314 g/mol. The molecule has 4 nitrogen and oxygen atoms in total. The van der Waals surface area contributed by atoms with Crippen LogP contribution in [0.3, 0.4) is 0 Å². The number of hydrogen-bond donors (Lipinski definition) is 2. The second-order valence-corrected chi connectivity index (χ2v) is 5.57. The highest BCUT2D eigenvalue weighted by molar-refractivity contribution is 9.10. The van der Waals surface area contributed by atoms with E-state index < -0.39 is 36.6 Å². The summed E-state index contributed by atoms with van der Waals surface area (Å²) in [5, 5.41) is 5.51. The molecule has 2 N–H and O–H groups in total. The number of halogens is 1. The number of carbonyl (C=O) groups is 1. The van der Waals surface area contributed by atoms with Crippen molar-refractivity contribution in [1.29, 1.82) is 0 Å². The van der Waals surface area contributed by atoms with Gasteiger partial charge in [-0.3, -0.25) is 4.79 Å². The lowest BCUT2D eigenvalue weighted by Gasteiger charge is -2.15. The fraction of sp³-hybridized carbons (Fsp3) is 0.538. The van der Waals surface area contributed by atoms with Crippen LogP contribution in [0.1, 0.15) is 32.1 Å². The molecule has 0 unspecified atom stereocenters. The van der Waals surface area contributed by atoms with Gasteiger partial charge < -0.3 is 10.6 Å². The first-order valence-electron chi connectivity index (χ1n) is 8.21. The minimum absolute atomic E-state index is 0.0555. The van der Waals surface area contributed by atoms with E-state index in [2.05, 4.69) is 31.5 Å². The van der Waals surface area contributed by atoms with Crippen molar-refractivity contribution in [3.63, 3.8) is 0 Å². The van der Waals surface area contributed by atoms with Crippen molar-refractivity contribution in [2.24, 2.45) is 5.41 Å². The molecule has 0 aromatic carbocycles. The first-order valence-corrected chi connectivity index (χ1v) is 6.50. The molecule has 3 atom stereocenters. The minimum Gasteiger partial charge on any atom is -0.309 e. The van der Waals surface area contributed by atoms with Gasteiger partial charge in [0.05, 0.1) is 6.04 Å². The van der Waals surface area contributed by atoms with E-state index in [-0.39, 0.29) is 6.42 Å². The smallest absolute Gasteiger partial charge is 0.242 e. The van der Waals surface area contributed by atoms with Crippen molar-refractivity contribution in [2.45, 2.75) is 38.7 Å². The Labute approximate surface area is 122 Å². The van der Waals surface area contributed by atoms with Gasteiger partial charge in [0.25, 0.3) is 0 Å². The van der Waals surface area contributed by atoms with E-state index in [9.17, 15) is 4.79 Å². The standard InChI is InChI=1S/C13H16BrN3O/c1-7-3-4-10(14)16-11(7)17-12(18)8-5-13(2)6-9(13)15-8/h3-4,8-9,15H,5-6H2,1-2H3,(H,16,17,18)/t8-,9+,13-/m0/s1/i2D3,6D2. The van der Waals surface area contributed by atoms with Gasteiger partial charge >= 0.3 is 0 Å². The van der Waals surface area contributed by atoms with E-state index in [0.29, 0.717) is 10.4 Å². The van der Waals surface area contributed by atoms with Crippen LogP contribution in [0.5, 0.6) is 0 Å². The van der Waals surface area contributed by atoms with E-state index in [1.54, 1.807) is 19.1 Å². The Kier molecular flexibility index (Phi) is 1.70. The maximum absolute atomic E-state index is 12.4. The zero-order chi connectivity index (χ0) is 17.2. The maximum atomic E-state index is 12.4.